The number of aliphatic imine (C=N–C) groups is 1. The van der Waals surface area contributed by atoms with Crippen LogP contribution in [0.1, 0.15) is 92.6 Å². The van der Waals surface area contributed by atoms with Crippen LogP contribution in [-0.2, 0) is 0 Å². The summed E-state index contributed by atoms with van der Waals surface area (Å²) in [6, 6.07) is 24.3. The number of azo groups is 1. The van der Waals surface area contributed by atoms with E-state index in [0.717, 1.165) is 12.8 Å². The number of esters is 1. The number of carbonyl (C=O) groups is 1. The fraction of sp³-hybridized carbons (Fsp3) is 0.333. The highest BCUT2D eigenvalue weighted by Gasteiger charge is 2.14. The van der Waals surface area contributed by atoms with Crippen LogP contribution in [0.4, 0.5) is 17.1 Å². The monoisotopic (exact) mass is 653 g/mol. The molecule has 0 amide bonds. The standard InChI is InChI=1S/C39H44ClN3O4/c1-3-4-5-6-7-8-9-10-11-12-26-46-35-23-16-30(38(44)27-35)28-41-37-15-13-14-36(29(37)2)39(45)47-34-24-21-33(22-25-34)43-42-32-19-17-31(40)18-20-32/h13-25,27-28,44H,3-12,26H2,1-2H3. The van der Waals surface area contributed by atoms with Gasteiger partial charge in [0.2, 0.25) is 0 Å². The van der Waals surface area contributed by atoms with E-state index in [1.807, 2.05) is 19.1 Å². The van der Waals surface area contributed by atoms with Gasteiger partial charge in [-0.1, -0.05) is 82.4 Å². The lowest BCUT2D eigenvalue weighted by atomic mass is 10.1. The summed E-state index contributed by atoms with van der Waals surface area (Å²) in [5.74, 6) is 0.601. The molecule has 246 valence electrons. The number of ether oxygens (including phenoxy) is 2. The van der Waals surface area contributed by atoms with Crippen molar-refractivity contribution in [2.45, 2.75) is 78.1 Å². The van der Waals surface area contributed by atoms with Crippen molar-refractivity contribution in [3.8, 4) is 17.2 Å². The molecule has 4 aromatic carbocycles. The van der Waals surface area contributed by atoms with Crippen LogP contribution in [0.15, 0.2) is 100 Å². The van der Waals surface area contributed by atoms with E-state index in [0.29, 0.717) is 56.9 Å². The molecule has 0 aliphatic rings. The van der Waals surface area contributed by atoms with Gasteiger partial charge in [-0.3, -0.25) is 4.99 Å². The van der Waals surface area contributed by atoms with Gasteiger partial charge >= 0.3 is 5.97 Å². The zero-order valence-electron chi connectivity index (χ0n) is 27.3. The minimum atomic E-state index is -0.498. The summed E-state index contributed by atoms with van der Waals surface area (Å²) in [7, 11) is 0. The van der Waals surface area contributed by atoms with Crippen LogP contribution in [0.3, 0.4) is 0 Å². The Balaban J connectivity index is 1.24. The highest BCUT2D eigenvalue weighted by atomic mass is 35.5. The second-order valence-corrected chi connectivity index (χ2v) is 12.0. The summed E-state index contributed by atoms with van der Waals surface area (Å²) >= 11 is 5.91. The number of phenols is 1. The molecule has 7 nitrogen and oxygen atoms in total. The van der Waals surface area contributed by atoms with Crippen LogP contribution in [0.2, 0.25) is 5.02 Å². The van der Waals surface area contributed by atoms with Crippen LogP contribution in [0.5, 0.6) is 17.2 Å². The first-order chi connectivity index (χ1) is 22.9. The number of benzene rings is 4. The fourth-order valence-corrected chi connectivity index (χ4v) is 5.12. The van der Waals surface area contributed by atoms with Crippen LogP contribution >= 0.6 is 11.6 Å². The number of halogens is 1. The number of phenolic OH excluding ortho intramolecular Hbond substituents is 1. The summed E-state index contributed by atoms with van der Waals surface area (Å²) in [6.07, 6.45) is 14.3. The Morgan fingerprint density at radius 1 is 0.766 bits per heavy atom. The largest absolute Gasteiger partial charge is 0.507 e. The van der Waals surface area contributed by atoms with Crippen molar-refractivity contribution >= 4 is 40.8 Å². The topological polar surface area (TPSA) is 92.8 Å². The van der Waals surface area contributed by atoms with Crippen LogP contribution in [-0.4, -0.2) is 23.9 Å². The third kappa shape index (κ3) is 12.0. The Hall–Kier alpha value is -4.49. The average molecular weight is 654 g/mol. The molecule has 47 heavy (non-hydrogen) atoms. The summed E-state index contributed by atoms with van der Waals surface area (Å²) in [4.78, 5) is 17.6. The van der Waals surface area contributed by atoms with Crippen LogP contribution in [0.25, 0.3) is 0 Å². The van der Waals surface area contributed by atoms with Crippen LogP contribution < -0.4 is 9.47 Å². The first kappa shape index (κ1) is 35.4. The van der Waals surface area contributed by atoms with Crippen molar-refractivity contribution in [2.24, 2.45) is 15.2 Å². The Labute approximate surface area is 283 Å². The van der Waals surface area contributed by atoms with E-state index < -0.39 is 5.97 Å². The number of rotatable bonds is 18. The molecule has 0 saturated carbocycles. The summed E-state index contributed by atoms with van der Waals surface area (Å²) in [6.45, 7) is 4.69. The molecular formula is C39H44ClN3O4. The first-order valence-electron chi connectivity index (χ1n) is 16.5. The minimum absolute atomic E-state index is 0.0821. The molecule has 0 atom stereocenters. The molecule has 0 radical (unpaired) electrons. The van der Waals surface area contributed by atoms with Gasteiger partial charge in [-0.15, -0.1) is 0 Å². The van der Waals surface area contributed by atoms with E-state index in [-0.39, 0.29) is 5.75 Å². The molecule has 0 aliphatic carbocycles. The molecule has 0 unspecified atom stereocenters. The molecule has 0 aliphatic heterocycles. The first-order valence-corrected chi connectivity index (χ1v) is 16.9. The lowest BCUT2D eigenvalue weighted by Crippen LogP contribution is -2.10. The molecule has 0 heterocycles. The van der Waals surface area contributed by atoms with Crippen LogP contribution in [0, 0.1) is 6.92 Å². The lowest BCUT2D eigenvalue weighted by Gasteiger charge is -2.09. The van der Waals surface area contributed by atoms with Crippen molar-refractivity contribution in [3.05, 3.63) is 107 Å². The normalized spacial score (nSPS) is 11.4. The molecule has 4 aromatic rings. The predicted octanol–water partition coefficient (Wildman–Crippen LogP) is 12.0. The smallest absolute Gasteiger partial charge is 0.343 e. The SMILES string of the molecule is CCCCCCCCCCCCOc1ccc(C=Nc2cccc(C(=O)Oc3ccc(N=Nc4ccc(Cl)cc4)cc3)c2C)c(O)c1. The maximum absolute atomic E-state index is 13.0. The quantitative estimate of drug-likeness (QED) is 0.0380. The van der Waals surface area contributed by atoms with E-state index in [2.05, 4.69) is 22.1 Å². The Morgan fingerprint density at radius 3 is 2.00 bits per heavy atom. The average Bonchev–Trinajstić information content (AvgIpc) is 3.07. The summed E-state index contributed by atoms with van der Waals surface area (Å²) < 4.78 is 11.5. The number of carbonyl (C=O) groups excluding carboxylic acids is 1. The maximum atomic E-state index is 13.0. The number of aromatic hydroxyl groups is 1. The molecule has 8 heteroatoms. The fourth-order valence-electron chi connectivity index (χ4n) is 4.99. The minimum Gasteiger partial charge on any atom is -0.507 e. The third-order valence-corrected chi connectivity index (χ3v) is 8.04. The van der Waals surface area contributed by atoms with E-state index in [1.165, 1.54) is 51.4 Å². The summed E-state index contributed by atoms with van der Waals surface area (Å²) in [5, 5.41) is 19.6. The molecule has 0 bridgehead atoms. The van der Waals surface area contributed by atoms with Gasteiger partial charge < -0.3 is 14.6 Å². The molecule has 0 fully saturated rings. The van der Waals surface area contributed by atoms with Crippen molar-refractivity contribution in [2.75, 3.05) is 6.61 Å². The highest BCUT2D eigenvalue weighted by Crippen LogP contribution is 2.27. The van der Waals surface area contributed by atoms with Crippen molar-refractivity contribution in [3.63, 3.8) is 0 Å². The highest BCUT2D eigenvalue weighted by molar-refractivity contribution is 6.30. The zero-order chi connectivity index (χ0) is 33.3. The van der Waals surface area contributed by atoms with E-state index in [1.54, 1.807) is 79.0 Å². The molecule has 0 saturated heterocycles. The van der Waals surface area contributed by atoms with Gasteiger partial charge in [0, 0.05) is 22.9 Å². The van der Waals surface area contributed by atoms with E-state index in [4.69, 9.17) is 21.1 Å². The van der Waals surface area contributed by atoms with Gasteiger partial charge in [-0.25, -0.2) is 4.79 Å². The molecule has 0 spiro atoms. The van der Waals surface area contributed by atoms with Gasteiger partial charge in [0.15, 0.2) is 0 Å². The molecule has 4 rings (SSSR count). The Kier molecular flexibility index (Phi) is 14.5. The second kappa shape index (κ2) is 19.2. The van der Waals surface area contributed by atoms with Gasteiger partial charge in [0.1, 0.15) is 17.2 Å². The number of hydrogen-bond acceptors (Lipinski definition) is 7. The number of unbranched alkanes of at least 4 members (excludes halogenated alkanes) is 9. The van der Waals surface area contributed by atoms with E-state index >= 15 is 0 Å². The Morgan fingerprint density at radius 2 is 1.36 bits per heavy atom. The number of hydrogen-bond donors (Lipinski definition) is 1. The molecule has 0 aromatic heterocycles. The third-order valence-electron chi connectivity index (χ3n) is 7.79. The van der Waals surface area contributed by atoms with Crippen molar-refractivity contribution < 1.29 is 19.4 Å². The predicted molar refractivity (Wildman–Crippen MR) is 191 cm³/mol. The van der Waals surface area contributed by atoms with Gasteiger partial charge in [0.25, 0.3) is 0 Å². The van der Waals surface area contributed by atoms with Gasteiger partial charge in [0.05, 0.1) is 29.2 Å². The summed E-state index contributed by atoms with van der Waals surface area (Å²) in [5.41, 5.74) is 3.50. The zero-order valence-corrected chi connectivity index (χ0v) is 28.1. The molecule has 1 N–H and O–H groups in total. The van der Waals surface area contributed by atoms with Gasteiger partial charge in [-0.2, -0.15) is 10.2 Å². The Bertz CT molecular complexity index is 1620. The number of nitrogens with zero attached hydrogens (tertiary/aromatic N) is 3. The second-order valence-electron chi connectivity index (χ2n) is 11.5. The van der Waals surface area contributed by atoms with Gasteiger partial charge in [-0.05, 0) is 91.7 Å². The van der Waals surface area contributed by atoms with Crippen molar-refractivity contribution in [1.82, 2.24) is 0 Å². The van der Waals surface area contributed by atoms with E-state index in [9.17, 15) is 9.90 Å². The maximum Gasteiger partial charge on any atom is 0.343 e. The molecular weight excluding hydrogens is 610 g/mol. The lowest BCUT2D eigenvalue weighted by molar-refractivity contribution is 0.0734. The van der Waals surface area contributed by atoms with Crippen molar-refractivity contribution in [1.29, 1.82) is 0 Å².